The summed E-state index contributed by atoms with van der Waals surface area (Å²) in [5.74, 6) is -2.78. The van der Waals surface area contributed by atoms with E-state index in [1.54, 1.807) is 12.1 Å². The first-order chi connectivity index (χ1) is 22.0. The molecule has 4 aromatic rings. The van der Waals surface area contributed by atoms with Crippen LogP contribution in [0.3, 0.4) is 0 Å². The Morgan fingerprint density at radius 1 is 1.00 bits per heavy atom. The van der Waals surface area contributed by atoms with Crippen LogP contribution in [-0.2, 0) is 26.1 Å². The van der Waals surface area contributed by atoms with E-state index in [1.165, 1.54) is 56.3 Å². The van der Waals surface area contributed by atoms with Crippen LogP contribution in [0, 0.1) is 11.6 Å². The van der Waals surface area contributed by atoms with Crippen molar-refractivity contribution in [3.63, 3.8) is 0 Å². The maximum atomic E-state index is 14.1. The fraction of sp³-hybridized carbons (Fsp3) is 0.267. The van der Waals surface area contributed by atoms with Crippen LogP contribution in [0.25, 0.3) is 10.9 Å². The van der Waals surface area contributed by atoms with Crippen molar-refractivity contribution in [3.05, 3.63) is 88.5 Å². The highest BCUT2D eigenvalue weighted by Gasteiger charge is 2.29. The number of esters is 1. The largest absolute Gasteiger partial charge is 0.493 e. The van der Waals surface area contributed by atoms with E-state index in [1.807, 2.05) is 4.72 Å². The van der Waals surface area contributed by atoms with Crippen molar-refractivity contribution < 1.29 is 45.7 Å². The van der Waals surface area contributed by atoms with Crippen LogP contribution in [0.15, 0.2) is 70.6 Å². The minimum atomic E-state index is -4.63. The van der Waals surface area contributed by atoms with Gasteiger partial charge in [0.25, 0.3) is 11.5 Å². The summed E-state index contributed by atoms with van der Waals surface area (Å²) in [6.45, 7) is 1.14. The Kier molecular flexibility index (Phi) is 10.9. The normalized spacial score (nSPS) is 11.9. The summed E-state index contributed by atoms with van der Waals surface area (Å²) in [5, 5.41) is 2.78. The van der Waals surface area contributed by atoms with Gasteiger partial charge < -0.3 is 24.3 Å². The molecule has 0 aliphatic carbocycles. The maximum Gasteiger partial charge on any atom is 0.326 e. The molecule has 0 radical (unpaired) electrons. The number of methoxy groups -OCH3 is 2. The summed E-state index contributed by atoms with van der Waals surface area (Å²) in [4.78, 5) is 41.6. The third-order valence-electron chi connectivity index (χ3n) is 6.57. The molecule has 1 atom stereocenters. The lowest BCUT2D eigenvalue weighted by Gasteiger charge is -2.18. The number of sulfonamides is 1. The van der Waals surface area contributed by atoms with E-state index in [2.05, 4.69) is 10.3 Å². The van der Waals surface area contributed by atoms with E-state index in [4.69, 9.17) is 18.9 Å². The van der Waals surface area contributed by atoms with Crippen molar-refractivity contribution >= 4 is 32.8 Å². The van der Waals surface area contributed by atoms with E-state index in [0.29, 0.717) is 40.3 Å². The van der Waals surface area contributed by atoms with Crippen LogP contribution >= 0.6 is 0 Å². The van der Waals surface area contributed by atoms with Crippen LogP contribution in [0.5, 0.6) is 17.2 Å². The number of ether oxygens (including phenoxy) is 4. The zero-order valence-corrected chi connectivity index (χ0v) is 25.7. The summed E-state index contributed by atoms with van der Waals surface area (Å²) < 4.78 is 77.3. The first kappa shape index (κ1) is 33.8. The van der Waals surface area contributed by atoms with Crippen molar-refractivity contribution in [3.8, 4) is 17.2 Å². The van der Waals surface area contributed by atoms with Crippen LogP contribution in [0.1, 0.15) is 17.3 Å². The van der Waals surface area contributed by atoms with E-state index in [-0.39, 0.29) is 30.9 Å². The molecule has 46 heavy (non-hydrogen) atoms. The number of nitrogens with zero attached hydrogens (tertiary/aromatic N) is 2. The van der Waals surface area contributed by atoms with Gasteiger partial charge >= 0.3 is 5.97 Å². The Balaban J connectivity index is 1.36. The van der Waals surface area contributed by atoms with Crippen LogP contribution in [0.4, 0.5) is 8.78 Å². The fourth-order valence-electron chi connectivity index (χ4n) is 4.27. The van der Waals surface area contributed by atoms with Gasteiger partial charge in [-0.15, -0.1) is 0 Å². The second kappa shape index (κ2) is 14.8. The van der Waals surface area contributed by atoms with Gasteiger partial charge in [-0.05, 0) is 49.4 Å². The highest BCUT2D eigenvalue weighted by molar-refractivity contribution is 7.89. The van der Waals surface area contributed by atoms with Crippen molar-refractivity contribution in [2.45, 2.75) is 24.4 Å². The molecule has 0 aliphatic rings. The maximum absolute atomic E-state index is 14.1. The van der Waals surface area contributed by atoms with Crippen LogP contribution in [-0.4, -0.2) is 69.9 Å². The molecule has 1 amide bonds. The highest BCUT2D eigenvalue weighted by atomic mass is 32.2. The third-order valence-corrected chi connectivity index (χ3v) is 8.07. The molecule has 0 bridgehead atoms. The Bertz CT molecular complexity index is 1900. The number of benzene rings is 3. The molecule has 4 rings (SSSR count). The predicted octanol–water partition coefficient (Wildman–Crippen LogP) is 2.41. The number of hydrogen-bond donors (Lipinski definition) is 2. The molecule has 16 heteroatoms. The zero-order valence-electron chi connectivity index (χ0n) is 24.9. The van der Waals surface area contributed by atoms with E-state index < -0.39 is 51.0 Å². The highest BCUT2D eigenvalue weighted by Crippen LogP contribution is 2.29. The number of carbonyl (C=O) groups is 2. The molecule has 1 unspecified atom stereocenters. The predicted molar refractivity (Wildman–Crippen MR) is 160 cm³/mol. The minimum Gasteiger partial charge on any atom is -0.493 e. The summed E-state index contributed by atoms with van der Waals surface area (Å²) >= 11 is 0. The number of halogens is 2. The number of rotatable bonds is 14. The Morgan fingerprint density at radius 2 is 1.70 bits per heavy atom. The Labute approximate surface area is 262 Å². The SMILES string of the molecule is CCOC(=O)C(CNC(=O)c1ccc(OCCn2cnc3cc(OC)c(OC)cc3c2=O)cc1)NS(=O)(=O)c1ccc(F)cc1F. The monoisotopic (exact) mass is 660 g/mol. The second-order valence-electron chi connectivity index (χ2n) is 9.55. The number of nitrogens with one attached hydrogen (secondary N) is 2. The van der Waals surface area contributed by atoms with Gasteiger partial charge in [-0.3, -0.25) is 19.0 Å². The van der Waals surface area contributed by atoms with Crippen molar-refractivity contribution in [1.82, 2.24) is 19.6 Å². The molecule has 1 aromatic heterocycles. The summed E-state index contributed by atoms with van der Waals surface area (Å²) in [5.41, 5.74) is 0.302. The lowest BCUT2D eigenvalue weighted by Crippen LogP contribution is -2.49. The molecule has 3 aromatic carbocycles. The minimum absolute atomic E-state index is 0.0899. The van der Waals surface area contributed by atoms with Gasteiger partial charge in [0.2, 0.25) is 10.0 Å². The van der Waals surface area contributed by atoms with Gasteiger partial charge in [0.05, 0.1) is 44.6 Å². The summed E-state index contributed by atoms with van der Waals surface area (Å²) in [6.07, 6.45) is 1.40. The molecule has 1 heterocycles. The third kappa shape index (κ3) is 7.94. The Hall–Kier alpha value is -5.09. The average molecular weight is 661 g/mol. The fourth-order valence-corrected chi connectivity index (χ4v) is 5.51. The van der Waals surface area contributed by atoms with Crippen LogP contribution < -0.4 is 29.8 Å². The van der Waals surface area contributed by atoms with Gasteiger partial charge in [0.15, 0.2) is 11.5 Å². The van der Waals surface area contributed by atoms with Gasteiger partial charge in [-0.2, -0.15) is 4.72 Å². The van der Waals surface area contributed by atoms with Crippen molar-refractivity contribution in [2.75, 3.05) is 34.0 Å². The second-order valence-corrected chi connectivity index (χ2v) is 11.2. The zero-order chi connectivity index (χ0) is 33.4. The smallest absolute Gasteiger partial charge is 0.326 e. The molecule has 0 saturated heterocycles. The van der Waals surface area contributed by atoms with E-state index in [9.17, 15) is 31.6 Å². The molecule has 0 aliphatic heterocycles. The summed E-state index contributed by atoms with van der Waals surface area (Å²) in [6, 6.07) is 9.30. The van der Waals surface area contributed by atoms with Crippen LogP contribution in [0.2, 0.25) is 0 Å². The van der Waals surface area contributed by atoms with Gasteiger partial charge in [-0.25, -0.2) is 22.2 Å². The first-order valence-corrected chi connectivity index (χ1v) is 15.2. The summed E-state index contributed by atoms with van der Waals surface area (Å²) in [7, 11) is -1.68. The number of carbonyl (C=O) groups excluding carboxylic acids is 2. The number of amides is 1. The van der Waals surface area contributed by atoms with Gasteiger partial charge in [-0.1, -0.05) is 0 Å². The lowest BCUT2D eigenvalue weighted by molar-refractivity contribution is -0.144. The number of aromatic nitrogens is 2. The molecule has 0 fully saturated rings. The molecule has 244 valence electrons. The molecule has 13 nitrogen and oxygen atoms in total. The number of fused-ring (bicyclic) bond motifs is 1. The van der Waals surface area contributed by atoms with Gasteiger partial charge in [0, 0.05) is 24.2 Å². The molecule has 0 saturated carbocycles. The standard InChI is InChI=1S/C30H30F2N4O9S/c1-4-44-30(39)24(35-46(40,41)27-10-7-19(31)13-22(27)32)16-33-28(37)18-5-8-20(9-6-18)45-12-11-36-17-34-23-15-26(43-3)25(42-2)14-21(23)29(36)38/h5-10,13-15,17,24,35H,4,11-12,16H2,1-3H3,(H,33,37). The first-order valence-electron chi connectivity index (χ1n) is 13.7. The molecule has 2 N–H and O–H groups in total. The topological polar surface area (TPSA) is 164 Å². The van der Waals surface area contributed by atoms with E-state index >= 15 is 0 Å². The van der Waals surface area contributed by atoms with Crippen molar-refractivity contribution in [1.29, 1.82) is 0 Å². The quantitative estimate of drug-likeness (QED) is 0.192. The lowest BCUT2D eigenvalue weighted by atomic mass is 10.2. The van der Waals surface area contributed by atoms with Gasteiger partial charge in [0.1, 0.15) is 34.9 Å². The average Bonchev–Trinajstić information content (AvgIpc) is 3.03. The molecular weight excluding hydrogens is 630 g/mol. The van der Waals surface area contributed by atoms with E-state index in [0.717, 1.165) is 6.07 Å². The number of hydrogen-bond acceptors (Lipinski definition) is 10. The Morgan fingerprint density at radius 3 is 2.35 bits per heavy atom. The van der Waals surface area contributed by atoms with Crippen molar-refractivity contribution in [2.24, 2.45) is 0 Å². The molecule has 0 spiro atoms. The molecular formula is C30H30F2N4O9S.